The van der Waals surface area contributed by atoms with E-state index in [0.29, 0.717) is 34.0 Å². The van der Waals surface area contributed by atoms with E-state index in [4.69, 9.17) is 14.2 Å². The fourth-order valence-electron chi connectivity index (χ4n) is 3.75. The third kappa shape index (κ3) is 5.64. The van der Waals surface area contributed by atoms with Gasteiger partial charge in [-0.3, -0.25) is 4.79 Å². The highest BCUT2D eigenvalue weighted by molar-refractivity contribution is 6.04. The molecule has 1 unspecified atom stereocenters. The average molecular weight is 488 g/mol. The first kappa shape index (κ1) is 24.3. The van der Waals surface area contributed by atoms with Gasteiger partial charge in [0.15, 0.2) is 6.61 Å². The summed E-state index contributed by atoms with van der Waals surface area (Å²) in [5.74, 6) is 0.220. The zero-order chi connectivity index (χ0) is 25.5. The van der Waals surface area contributed by atoms with Crippen molar-refractivity contribution in [1.82, 2.24) is 10.6 Å². The van der Waals surface area contributed by atoms with E-state index in [2.05, 4.69) is 16.0 Å². The first-order valence-electron chi connectivity index (χ1n) is 11.1. The van der Waals surface area contributed by atoms with Crippen LogP contribution in [0.4, 0.5) is 10.5 Å². The van der Waals surface area contributed by atoms with Crippen LogP contribution in [-0.4, -0.2) is 38.7 Å². The predicted molar refractivity (Wildman–Crippen MR) is 133 cm³/mol. The normalized spacial score (nSPS) is 14.8. The van der Waals surface area contributed by atoms with Crippen molar-refractivity contribution in [3.05, 3.63) is 95.6 Å². The standard InChI is InChI=1S/C27H25N3O6/c1-34-20-12-8-17(9-13-20)24-23(26(32)35-2)25(30-27(33)29-24)18-10-14-21(15-11-18)36-16-22(31)28-19-6-4-3-5-7-19/h3-15,25H,16H2,1-2H3,(H,28,31)(H2,29,30,33). The Morgan fingerprint density at radius 3 is 2.19 bits per heavy atom. The lowest BCUT2D eigenvalue weighted by Crippen LogP contribution is -2.45. The summed E-state index contributed by atoms with van der Waals surface area (Å²) >= 11 is 0. The summed E-state index contributed by atoms with van der Waals surface area (Å²) in [7, 11) is 2.84. The quantitative estimate of drug-likeness (QED) is 0.418. The van der Waals surface area contributed by atoms with Crippen molar-refractivity contribution in [3.63, 3.8) is 0 Å². The Balaban J connectivity index is 1.54. The van der Waals surface area contributed by atoms with Crippen molar-refractivity contribution in [3.8, 4) is 11.5 Å². The smallest absolute Gasteiger partial charge is 0.338 e. The molecule has 3 N–H and O–H groups in total. The summed E-state index contributed by atoms with van der Waals surface area (Å²) in [6.07, 6.45) is 0. The number of anilines is 1. The fraction of sp³-hybridized carbons (Fsp3) is 0.148. The van der Waals surface area contributed by atoms with Gasteiger partial charge in [0.1, 0.15) is 11.5 Å². The van der Waals surface area contributed by atoms with Gasteiger partial charge in [0, 0.05) is 5.69 Å². The van der Waals surface area contributed by atoms with Gasteiger partial charge in [-0.1, -0.05) is 30.3 Å². The molecule has 9 heteroatoms. The first-order valence-corrected chi connectivity index (χ1v) is 11.1. The van der Waals surface area contributed by atoms with E-state index in [1.807, 2.05) is 18.2 Å². The van der Waals surface area contributed by atoms with Gasteiger partial charge in [0.25, 0.3) is 5.91 Å². The number of hydrogen-bond acceptors (Lipinski definition) is 6. The molecule has 1 atom stereocenters. The Morgan fingerprint density at radius 1 is 0.889 bits per heavy atom. The van der Waals surface area contributed by atoms with Gasteiger partial charge in [-0.25, -0.2) is 9.59 Å². The number of benzene rings is 3. The summed E-state index contributed by atoms with van der Waals surface area (Å²) in [6.45, 7) is -0.173. The zero-order valence-corrected chi connectivity index (χ0v) is 19.7. The maximum atomic E-state index is 12.8. The Hall–Kier alpha value is -4.79. The number of ether oxygens (including phenoxy) is 3. The molecule has 0 fully saturated rings. The molecule has 0 saturated carbocycles. The second-order valence-corrected chi connectivity index (χ2v) is 7.81. The largest absolute Gasteiger partial charge is 0.497 e. The summed E-state index contributed by atoms with van der Waals surface area (Å²) in [6, 6.07) is 21.6. The second kappa shape index (κ2) is 11.1. The summed E-state index contributed by atoms with van der Waals surface area (Å²) in [5, 5.41) is 8.25. The molecular weight excluding hydrogens is 462 g/mol. The van der Waals surface area contributed by atoms with Gasteiger partial charge in [0.2, 0.25) is 0 Å². The molecule has 0 bridgehead atoms. The monoisotopic (exact) mass is 487 g/mol. The van der Waals surface area contributed by atoms with Gasteiger partial charge in [-0.2, -0.15) is 0 Å². The molecule has 0 aliphatic carbocycles. The van der Waals surface area contributed by atoms with E-state index < -0.39 is 18.0 Å². The highest BCUT2D eigenvalue weighted by atomic mass is 16.5. The molecule has 0 aromatic heterocycles. The topological polar surface area (TPSA) is 115 Å². The average Bonchev–Trinajstić information content (AvgIpc) is 2.92. The van der Waals surface area contributed by atoms with E-state index in [1.54, 1.807) is 67.8 Å². The molecule has 3 aromatic carbocycles. The number of amides is 3. The molecule has 0 radical (unpaired) electrons. The molecule has 0 spiro atoms. The van der Waals surface area contributed by atoms with Crippen LogP contribution in [-0.2, 0) is 14.3 Å². The van der Waals surface area contributed by atoms with Gasteiger partial charge in [-0.15, -0.1) is 0 Å². The lowest BCUT2D eigenvalue weighted by atomic mass is 9.92. The predicted octanol–water partition coefficient (Wildman–Crippen LogP) is 3.65. The number of urea groups is 1. The minimum absolute atomic E-state index is 0.173. The lowest BCUT2D eigenvalue weighted by molar-refractivity contribution is -0.136. The van der Waals surface area contributed by atoms with Crippen molar-refractivity contribution in [1.29, 1.82) is 0 Å². The third-order valence-electron chi connectivity index (χ3n) is 5.50. The number of carbonyl (C=O) groups is 3. The number of nitrogens with one attached hydrogen (secondary N) is 3. The van der Waals surface area contributed by atoms with E-state index >= 15 is 0 Å². The van der Waals surface area contributed by atoms with Crippen molar-refractivity contribution < 1.29 is 28.6 Å². The van der Waals surface area contributed by atoms with Crippen LogP contribution in [0.3, 0.4) is 0 Å². The second-order valence-electron chi connectivity index (χ2n) is 7.81. The number of para-hydroxylation sites is 1. The highest BCUT2D eigenvalue weighted by Crippen LogP contribution is 2.33. The Labute approximate surface area is 208 Å². The van der Waals surface area contributed by atoms with E-state index in [-0.39, 0.29) is 18.1 Å². The Kier molecular flexibility index (Phi) is 7.50. The minimum Gasteiger partial charge on any atom is -0.497 e. The van der Waals surface area contributed by atoms with Crippen LogP contribution in [0.2, 0.25) is 0 Å². The van der Waals surface area contributed by atoms with Crippen LogP contribution in [0.25, 0.3) is 5.70 Å². The Bertz CT molecular complexity index is 1270. The SMILES string of the molecule is COC(=O)C1=C(c2ccc(OC)cc2)NC(=O)NC1c1ccc(OCC(=O)Nc2ccccc2)cc1. The Morgan fingerprint density at radius 2 is 1.56 bits per heavy atom. The number of rotatable bonds is 8. The van der Waals surface area contributed by atoms with E-state index in [9.17, 15) is 14.4 Å². The van der Waals surface area contributed by atoms with Crippen LogP contribution in [0, 0.1) is 0 Å². The van der Waals surface area contributed by atoms with Crippen LogP contribution >= 0.6 is 0 Å². The highest BCUT2D eigenvalue weighted by Gasteiger charge is 2.34. The molecule has 36 heavy (non-hydrogen) atoms. The maximum absolute atomic E-state index is 12.8. The van der Waals surface area contributed by atoms with Gasteiger partial charge in [0.05, 0.1) is 31.5 Å². The van der Waals surface area contributed by atoms with Crippen LogP contribution in [0.1, 0.15) is 17.2 Å². The zero-order valence-electron chi connectivity index (χ0n) is 19.7. The fourth-order valence-corrected chi connectivity index (χ4v) is 3.75. The molecule has 184 valence electrons. The molecule has 4 rings (SSSR count). The van der Waals surface area contributed by atoms with Gasteiger partial charge < -0.3 is 30.2 Å². The molecule has 9 nitrogen and oxygen atoms in total. The summed E-state index contributed by atoms with van der Waals surface area (Å²) < 4.78 is 15.8. The van der Waals surface area contributed by atoms with Crippen molar-refractivity contribution >= 4 is 29.3 Å². The van der Waals surface area contributed by atoms with Gasteiger partial charge >= 0.3 is 12.0 Å². The summed E-state index contributed by atoms with van der Waals surface area (Å²) in [4.78, 5) is 37.4. The minimum atomic E-state index is -0.765. The maximum Gasteiger partial charge on any atom is 0.338 e. The molecule has 3 aromatic rings. The molecule has 1 aliphatic rings. The molecular formula is C27H25N3O6. The first-order chi connectivity index (χ1) is 17.5. The van der Waals surface area contributed by atoms with Crippen LogP contribution in [0.5, 0.6) is 11.5 Å². The van der Waals surface area contributed by atoms with E-state index in [0.717, 1.165) is 0 Å². The van der Waals surface area contributed by atoms with Crippen LogP contribution < -0.4 is 25.4 Å². The third-order valence-corrected chi connectivity index (χ3v) is 5.50. The lowest BCUT2D eigenvalue weighted by Gasteiger charge is -2.29. The van der Waals surface area contributed by atoms with E-state index in [1.165, 1.54) is 7.11 Å². The van der Waals surface area contributed by atoms with Crippen molar-refractivity contribution in [2.75, 3.05) is 26.1 Å². The number of methoxy groups -OCH3 is 2. The number of carbonyl (C=O) groups excluding carboxylic acids is 3. The molecule has 1 heterocycles. The number of esters is 1. The number of hydrogen-bond donors (Lipinski definition) is 3. The van der Waals surface area contributed by atoms with Crippen molar-refractivity contribution in [2.45, 2.75) is 6.04 Å². The van der Waals surface area contributed by atoms with Gasteiger partial charge in [-0.05, 0) is 59.7 Å². The summed E-state index contributed by atoms with van der Waals surface area (Å²) in [5.41, 5.74) is 2.53. The molecule has 3 amide bonds. The van der Waals surface area contributed by atoms with Crippen molar-refractivity contribution in [2.24, 2.45) is 0 Å². The van der Waals surface area contributed by atoms with Crippen LogP contribution in [0.15, 0.2) is 84.4 Å². The molecule has 1 aliphatic heterocycles. The molecule has 0 saturated heterocycles.